The van der Waals surface area contributed by atoms with Gasteiger partial charge in [-0.2, -0.15) is 4.31 Å². The van der Waals surface area contributed by atoms with Gasteiger partial charge in [0, 0.05) is 13.1 Å². The van der Waals surface area contributed by atoms with Crippen LogP contribution in [-0.4, -0.2) is 41.3 Å². The predicted molar refractivity (Wildman–Crippen MR) is 105 cm³/mol. The molecule has 0 aliphatic rings. The van der Waals surface area contributed by atoms with Crippen LogP contribution in [0.25, 0.3) is 0 Å². The Labute approximate surface area is 161 Å². The lowest BCUT2D eigenvalue weighted by Crippen LogP contribution is -2.30. The quantitative estimate of drug-likeness (QED) is 0.720. The molecule has 0 amide bonds. The van der Waals surface area contributed by atoms with Crippen LogP contribution in [0.2, 0.25) is 0 Å². The summed E-state index contributed by atoms with van der Waals surface area (Å²) in [6.07, 6.45) is 0. The minimum Gasteiger partial charge on any atom is -0.495 e. The van der Waals surface area contributed by atoms with E-state index in [1.807, 2.05) is 0 Å². The summed E-state index contributed by atoms with van der Waals surface area (Å²) in [4.78, 5) is 0.0182. The summed E-state index contributed by atoms with van der Waals surface area (Å²) in [6.45, 7) is 5.93. The fraction of sp³-hybridized carbons (Fsp3) is 0.333. The molecule has 0 radical (unpaired) electrons. The molecule has 9 heteroatoms. The van der Waals surface area contributed by atoms with Crippen LogP contribution in [0.5, 0.6) is 5.75 Å². The second-order valence-electron chi connectivity index (χ2n) is 5.88. The lowest BCUT2D eigenvalue weighted by atomic mass is 10.2. The number of aryl methyl sites for hydroxylation is 1. The van der Waals surface area contributed by atoms with Crippen LogP contribution in [0.3, 0.4) is 0 Å². The van der Waals surface area contributed by atoms with E-state index in [1.54, 1.807) is 32.9 Å². The Morgan fingerprint density at radius 2 is 1.67 bits per heavy atom. The molecule has 0 aliphatic heterocycles. The normalized spacial score (nSPS) is 12.2. The zero-order chi connectivity index (χ0) is 20.2. The zero-order valence-corrected chi connectivity index (χ0v) is 17.4. The highest BCUT2D eigenvalue weighted by atomic mass is 32.2. The van der Waals surface area contributed by atoms with Gasteiger partial charge in [0.25, 0.3) is 10.0 Å². The molecule has 0 saturated carbocycles. The molecular weight excluding hydrogens is 388 g/mol. The van der Waals surface area contributed by atoms with Crippen molar-refractivity contribution in [1.82, 2.24) is 4.31 Å². The first-order valence-electron chi connectivity index (χ1n) is 8.43. The smallest absolute Gasteiger partial charge is 0.265 e. The summed E-state index contributed by atoms with van der Waals surface area (Å²) in [5, 5.41) is 0. The van der Waals surface area contributed by atoms with Crippen molar-refractivity contribution < 1.29 is 21.6 Å². The van der Waals surface area contributed by atoms with E-state index < -0.39 is 20.0 Å². The van der Waals surface area contributed by atoms with Crippen molar-refractivity contribution in [2.24, 2.45) is 0 Å². The molecule has 2 aromatic carbocycles. The van der Waals surface area contributed by atoms with Crippen molar-refractivity contribution in [3.05, 3.63) is 48.0 Å². The summed E-state index contributed by atoms with van der Waals surface area (Å²) >= 11 is 0. The molecule has 2 rings (SSSR count). The Bertz CT molecular complexity index is 1010. The third-order valence-electron chi connectivity index (χ3n) is 4.04. The highest BCUT2D eigenvalue weighted by Gasteiger charge is 2.24. The average Bonchev–Trinajstić information content (AvgIpc) is 2.62. The predicted octanol–water partition coefficient (Wildman–Crippen LogP) is 2.83. The number of anilines is 1. The van der Waals surface area contributed by atoms with Crippen LogP contribution in [-0.2, 0) is 20.0 Å². The Balaban J connectivity index is 2.43. The fourth-order valence-corrected chi connectivity index (χ4v) is 5.45. The maximum atomic E-state index is 12.8. The highest BCUT2D eigenvalue weighted by molar-refractivity contribution is 7.92. The second-order valence-corrected chi connectivity index (χ2v) is 9.47. The van der Waals surface area contributed by atoms with Crippen LogP contribution < -0.4 is 9.46 Å². The molecule has 0 atom stereocenters. The van der Waals surface area contributed by atoms with Crippen LogP contribution in [0.1, 0.15) is 19.4 Å². The summed E-state index contributed by atoms with van der Waals surface area (Å²) in [5.74, 6) is 0.208. The van der Waals surface area contributed by atoms with Gasteiger partial charge in [-0.15, -0.1) is 0 Å². The van der Waals surface area contributed by atoms with E-state index in [1.165, 1.54) is 41.7 Å². The van der Waals surface area contributed by atoms with Crippen LogP contribution in [0, 0.1) is 6.92 Å². The second kappa shape index (κ2) is 8.28. The lowest BCUT2D eigenvalue weighted by molar-refractivity contribution is 0.402. The average molecular weight is 413 g/mol. The van der Waals surface area contributed by atoms with Crippen molar-refractivity contribution in [2.45, 2.75) is 30.6 Å². The zero-order valence-electron chi connectivity index (χ0n) is 15.8. The van der Waals surface area contributed by atoms with E-state index in [-0.39, 0.29) is 21.2 Å². The molecule has 0 fully saturated rings. The van der Waals surface area contributed by atoms with Gasteiger partial charge in [-0.25, -0.2) is 16.8 Å². The minimum atomic E-state index is -3.96. The maximum absolute atomic E-state index is 12.8. The monoisotopic (exact) mass is 412 g/mol. The van der Waals surface area contributed by atoms with Gasteiger partial charge in [0.05, 0.1) is 17.7 Å². The first-order valence-corrected chi connectivity index (χ1v) is 11.4. The number of methoxy groups -OCH3 is 1. The highest BCUT2D eigenvalue weighted by Crippen LogP contribution is 2.28. The molecule has 1 N–H and O–H groups in total. The molecule has 7 nitrogen and oxygen atoms in total. The summed E-state index contributed by atoms with van der Waals surface area (Å²) in [5.41, 5.74) is 0.917. The van der Waals surface area contributed by atoms with Gasteiger partial charge < -0.3 is 4.74 Å². The summed E-state index contributed by atoms with van der Waals surface area (Å²) in [7, 11) is -6.26. The molecular formula is C18H24N2O5S2. The molecule has 148 valence electrons. The molecule has 0 saturated heterocycles. The van der Waals surface area contributed by atoms with Gasteiger partial charge >= 0.3 is 0 Å². The topological polar surface area (TPSA) is 92.8 Å². The first-order chi connectivity index (χ1) is 12.7. The van der Waals surface area contributed by atoms with Crippen molar-refractivity contribution in [3.63, 3.8) is 0 Å². The standard InChI is InChI=1S/C18H24N2O5S2/c1-5-20(6-2)27(23,24)16-9-7-8-15(13-16)19-26(21,22)18-12-14(3)10-11-17(18)25-4/h7-13,19H,5-6H2,1-4H3. The molecule has 0 bridgehead atoms. The van der Waals surface area contributed by atoms with Gasteiger partial charge in [0.1, 0.15) is 10.6 Å². The van der Waals surface area contributed by atoms with Crippen LogP contribution in [0.15, 0.2) is 52.3 Å². The van der Waals surface area contributed by atoms with E-state index in [4.69, 9.17) is 4.74 Å². The number of nitrogens with one attached hydrogen (secondary N) is 1. The number of rotatable bonds is 8. The third kappa shape index (κ3) is 4.60. The van der Waals surface area contributed by atoms with Gasteiger partial charge in [0.15, 0.2) is 0 Å². The fourth-order valence-electron chi connectivity index (χ4n) is 2.64. The molecule has 0 heterocycles. The Morgan fingerprint density at radius 1 is 1.00 bits per heavy atom. The number of hydrogen-bond donors (Lipinski definition) is 1. The number of benzene rings is 2. The van der Waals surface area contributed by atoms with Crippen molar-refractivity contribution in [2.75, 3.05) is 24.9 Å². The van der Waals surface area contributed by atoms with E-state index in [9.17, 15) is 16.8 Å². The molecule has 27 heavy (non-hydrogen) atoms. The number of nitrogens with zero attached hydrogens (tertiary/aromatic N) is 1. The maximum Gasteiger partial charge on any atom is 0.265 e. The largest absolute Gasteiger partial charge is 0.495 e. The molecule has 0 unspecified atom stereocenters. The van der Waals surface area contributed by atoms with E-state index >= 15 is 0 Å². The van der Waals surface area contributed by atoms with Gasteiger partial charge in [-0.1, -0.05) is 26.0 Å². The summed E-state index contributed by atoms with van der Waals surface area (Å²) in [6, 6.07) is 10.6. The lowest BCUT2D eigenvalue weighted by Gasteiger charge is -2.19. The minimum absolute atomic E-state index is 0.0120. The molecule has 0 aromatic heterocycles. The van der Waals surface area contributed by atoms with E-state index in [0.29, 0.717) is 13.1 Å². The van der Waals surface area contributed by atoms with Crippen LogP contribution >= 0.6 is 0 Å². The summed E-state index contributed by atoms with van der Waals surface area (Å²) < 4.78 is 59.8. The van der Waals surface area contributed by atoms with Crippen molar-refractivity contribution in [3.8, 4) is 5.75 Å². The van der Waals surface area contributed by atoms with Crippen molar-refractivity contribution >= 4 is 25.7 Å². The van der Waals surface area contributed by atoms with E-state index in [0.717, 1.165) is 5.56 Å². The van der Waals surface area contributed by atoms with E-state index in [2.05, 4.69) is 4.72 Å². The number of sulfonamides is 2. The van der Waals surface area contributed by atoms with Crippen molar-refractivity contribution in [1.29, 1.82) is 0 Å². The molecule has 0 aliphatic carbocycles. The van der Waals surface area contributed by atoms with Gasteiger partial charge in [0.2, 0.25) is 10.0 Å². The Kier molecular flexibility index (Phi) is 6.50. The molecule has 2 aromatic rings. The number of ether oxygens (including phenoxy) is 1. The third-order valence-corrected chi connectivity index (χ3v) is 7.49. The van der Waals surface area contributed by atoms with Gasteiger partial charge in [-0.05, 0) is 42.8 Å². The first kappa shape index (κ1) is 21.2. The Hall–Kier alpha value is -2.10. The van der Waals surface area contributed by atoms with Crippen LogP contribution in [0.4, 0.5) is 5.69 Å². The number of hydrogen-bond acceptors (Lipinski definition) is 5. The van der Waals surface area contributed by atoms with Gasteiger partial charge in [-0.3, -0.25) is 4.72 Å². The molecule has 0 spiro atoms. The SMILES string of the molecule is CCN(CC)S(=O)(=O)c1cccc(NS(=O)(=O)c2cc(C)ccc2OC)c1. The Morgan fingerprint density at radius 3 is 2.26 bits per heavy atom.